The minimum atomic E-state index is -0.160. The van der Waals surface area contributed by atoms with Gasteiger partial charge in [-0.2, -0.15) is 5.10 Å². The fourth-order valence-electron chi connectivity index (χ4n) is 3.27. The van der Waals surface area contributed by atoms with Gasteiger partial charge in [-0.25, -0.2) is 9.67 Å². The van der Waals surface area contributed by atoms with E-state index in [-0.39, 0.29) is 18.5 Å². The summed E-state index contributed by atoms with van der Waals surface area (Å²) < 4.78 is 7.30. The minimum Gasteiger partial charge on any atom is -0.467 e. The number of furan rings is 1. The van der Waals surface area contributed by atoms with Crippen LogP contribution in [-0.2, 0) is 17.8 Å². The second-order valence-corrected chi connectivity index (χ2v) is 6.92. The highest BCUT2D eigenvalue weighted by Gasteiger charge is 2.34. The zero-order valence-corrected chi connectivity index (χ0v) is 14.4. The molecule has 0 fully saturated rings. The van der Waals surface area contributed by atoms with Gasteiger partial charge in [0, 0.05) is 11.4 Å². The van der Waals surface area contributed by atoms with Crippen LogP contribution in [0.1, 0.15) is 33.9 Å². The maximum atomic E-state index is 13.0. The van der Waals surface area contributed by atoms with Gasteiger partial charge in [-0.1, -0.05) is 0 Å². The number of aryl methyl sites for hydroxylation is 2. The third-order valence-electron chi connectivity index (χ3n) is 4.35. The zero-order chi connectivity index (χ0) is 16.7. The van der Waals surface area contributed by atoms with Crippen LogP contribution in [0.4, 0.5) is 0 Å². The first-order valence-corrected chi connectivity index (χ1v) is 8.78. The lowest BCUT2D eigenvalue weighted by Crippen LogP contribution is -2.41. The van der Waals surface area contributed by atoms with E-state index in [1.54, 1.807) is 22.3 Å². The van der Waals surface area contributed by atoms with Crippen molar-refractivity contribution in [1.29, 1.82) is 0 Å². The Hall–Kier alpha value is -2.41. The fraction of sp³-hybridized carbons (Fsp3) is 0.353. The molecular weight excluding hydrogens is 324 g/mol. The SMILES string of the molecule is Cc1nc(C)n(CC(=O)N2CCc3sccc3[C@H]2c2ccco2)n1. The molecule has 3 aromatic rings. The maximum absolute atomic E-state index is 13.0. The molecule has 1 aliphatic rings. The second kappa shape index (κ2) is 5.90. The summed E-state index contributed by atoms with van der Waals surface area (Å²) in [4.78, 5) is 20.5. The fourth-order valence-corrected chi connectivity index (χ4v) is 4.17. The van der Waals surface area contributed by atoms with Crippen LogP contribution in [0.2, 0.25) is 0 Å². The number of carbonyl (C=O) groups excluding carboxylic acids is 1. The van der Waals surface area contributed by atoms with E-state index in [4.69, 9.17) is 4.42 Å². The van der Waals surface area contributed by atoms with Crippen LogP contribution in [0.3, 0.4) is 0 Å². The summed E-state index contributed by atoms with van der Waals surface area (Å²) in [6, 6.07) is 5.73. The van der Waals surface area contributed by atoms with Crippen LogP contribution in [0.15, 0.2) is 34.3 Å². The molecule has 0 aromatic carbocycles. The van der Waals surface area contributed by atoms with Crippen molar-refractivity contribution in [3.63, 3.8) is 0 Å². The van der Waals surface area contributed by atoms with E-state index in [2.05, 4.69) is 21.5 Å². The number of rotatable bonds is 3. The molecule has 0 saturated carbocycles. The van der Waals surface area contributed by atoms with Crippen LogP contribution in [0.5, 0.6) is 0 Å². The summed E-state index contributed by atoms with van der Waals surface area (Å²) in [6.45, 7) is 4.58. The number of aromatic nitrogens is 3. The van der Waals surface area contributed by atoms with Crippen molar-refractivity contribution in [1.82, 2.24) is 19.7 Å². The molecular formula is C17H18N4O2S. The summed E-state index contributed by atoms with van der Waals surface area (Å²) in [6.07, 6.45) is 2.54. The van der Waals surface area contributed by atoms with Gasteiger partial charge in [-0.3, -0.25) is 4.79 Å². The molecule has 6 nitrogen and oxygen atoms in total. The maximum Gasteiger partial charge on any atom is 0.245 e. The molecule has 7 heteroatoms. The second-order valence-electron chi connectivity index (χ2n) is 5.92. The summed E-state index contributed by atoms with van der Waals surface area (Å²) in [5.74, 6) is 2.26. The molecule has 1 amide bonds. The van der Waals surface area contributed by atoms with E-state index in [0.717, 1.165) is 18.0 Å². The molecule has 1 atom stereocenters. The van der Waals surface area contributed by atoms with Gasteiger partial charge in [0.05, 0.1) is 6.26 Å². The van der Waals surface area contributed by atoms with Gasteiger partial charge < -0.3 is 9.32 Å². The summed E-state index contributed by atoms with van der Waals surface area (Å²) in [7, 11) is 0. The molecule has 1 aliphatic heterocycles. The van der Waals surface area contributed by atoms with Gasteiger partial charge in [0.25, 0.3) is 0 Å². The van der Waals surface area contributed by atoms with Gasteiger partial charge in [-0.05, 0) is 49.4 Å². The van der Waals surface area contributed by atoms with E-state index in [0.29, 0.717) is 12.4 Å². The highest BCUT2D eigenvalue weighted by molar-refractivity contribution is 7.10. The highest BCUT2D eigenvalue weighted by atomic mass is 32.1. The Labute approximate surface area is 143 Å². The Kier molecular flexibility index (Phi) is 3.72. The summed E-state index contributed by atoms with van der Waals surface area (Å²) in [5, 5.41) is 6.39. The molecule has 3 aromatic heterocycles. The number of hydrogen-bond donors (Lipinski definition) is 0. The number of thiophene rings is 1. The first kappa shape index (κ1) is 15.1. The van der Waals surface area contributed by atoms with Crippen molar-refractivity contribution in [3.8, 4) is 0 Å². The molecule has 0 saturated heterocycles. The van der Waals surface area contributed by atoms with Crippen molar-refractivity contribution in [3.05, 3.63) is 57.7 Å². The van der Waals surface area contributed by atoms with Crippen molar-refractivity contribution in [2.45, 2.75) is 32.9 Å². The Morgan fingerprint density at radius 2 is 2.29 bits per heavy atom. The van der Waals surface area contributed by atoms with Gasteiger partial charge >= 0.3 is 0 Å². The molecule has 0 aliphatic carbocycles. The predicted octanol–water partition coefficient (Wildman–Crippen LogP) is 2.72. The molecule has 0 radical (unpaired) electrons. The van der Waals surface area contributed by atoms with E-state index in [9.17, 15) is 4.79 Å². The quantitative estimate of drug-likeness (QED) is 0.734. The first-order valence-electron chi connectivity index (χ1n) is 7.90. The molecule has 24 heavy (non-hydrogen) atoms. The van der Waals surface area contributed by atoms with Crippen LogP contribution in [0, 0.1) is 13.8 Å². The molecule has 0 N–H and O–H groups in total. The van der Waals surface area contributed by atoms with E-state index >= 15 is 0 Å². The third-order valence-corrected chi connectivity index (χ3v) is 5.34. The number of hydrogen-bond acceptors (Lipinski definition) is 5. The van der Waals surface area contributed by atoms with Gasteiger partial charge in [-0.15, -0.1) is 11.3 Å². The van der Waals surface area contributed by atoms with E-state index in [1.165, 1.54) is 10.4 Å². The van der Waals surface area contributed by atoms with Crippen LogP contribution in [-0.4, -0.2) is 32.1 Å². The monoisotopic (exact) mass is 342 g/mol. The average Bonchev–Trinajstić information content (AvgIpc) is 3.28. The van der Waals surface area contributed by atoms with Crippen molar-refractivity contribution in [2.75, 3.05) is 6.54 Å². The van der Waals surface area contributed by atoms with Crippen LogP contribution >= 0.6 is 11.3 Å². The number of amides is 1. The standard InChI is InChI=1S/C17H18N4O2S/c1-11-18-12(2)21(19-11)10-16(22)20-7-5-15-13(6-9-24-15)17(20)14-4-3-8-23-14/h3-4,6,8-9,17H,5,7,10H2,1-2H3/t17-/m0/s1. The van der Waals surface area contributed by atoms with Gasteiger partial charge in [0.15, 0.2) is 0 Å². The number of nitrogens with zero attached hydrogens (tertiary/aromatic N) is 4. The Balaban J connectivity index is 1.66. The Bertz CT molecular complexity index is 865. The molecule has 4 rings (SSSR count). The van der Waals surface area contributed by atoms with E-state index in [1.807, 2.05) is 30.9 Å². The number of fused-ring (bicyclic) bond motifs is 1. The van der Waals surface area contributed by atoms with Gasteiger partial charge in [0.2, 0.25) is 5.91 Å². The first-order chi connectivity index (χ1) is 11.6. The van der Waals surface area contributed by atoms with Gasteiger partial charge in [0.1, 0.15) is 30.0 Å². The summed E-state index contributed by atoms with van der Waals surface area (Å²) in [5.41, 5.74) is 1.17. The van der Waals surface area contributed by atoms with E-state index < -0.39 is 0 Å². The smallest absolute Gasteiger partial charge is 0.245 e. The molecule has 0 spiro atoms. The number of carbonyl (C=O) groups is 1. The molecule has 124 valence electrons. The molecule has 0 bridgehead atoms. The minimum absolute atomic E-state index is 0.0289. The average molecular weight is 342 g/mol. The largest absolute Gasteiger partial charge is 0.467 e. The van der Waals surface area contributed by atoms with Crippen LogP contribution in [0.25, 0.3) is 0 Å². The Morgan fingerprint density at radius 3 is 3.00 bits per heavy atom. The zero-order valence-electron chi connectivity index (χ0n) is 13.6. The normalized spacial score (nSPS) is 17.1. The highest BCUT2D eigenvalue weighted by Crippen LogP contribution is 2.38. The lowest BCUT2D eigenvalue weighted by Gasteiger charge is -2.34. The van der Waals surface area contributed by atoms with Crippen LogP contribution < -0.4 is 0 Å². The molecule has 4 heterocycles. The lowest BCUT2D eigenvalue weighted by atomic mass is 9.97. The van der Waals surface area contributed by atoms with Crippen molar-refractivity contribution in [2.24, 2.45) is 0 Å². The molecule has 0 unspecified atom stereocenters. The Morgan fingerprint density at radius 1 is 1.42 bits per heavy atom. The third kappa shape index (κ3) is 2.54. The lowest BCUT2D eigenvalue weighted by molar-refractivity contribution is -0.134. The topological polar surface area (TPSA) is 64.2 Å². The van der Waals surface area contributed by atoms with Crippen molar-refractivity contribution >= 4 is 17.2 Å². The van der Waals surface area contributed by atoms with Crippen molar-refractivity contribution < 1.29 is 9.21 Å². The summed E-state index contributed by atoms with van der Waals surface area (Å²) >= 11 is 1.74. The predicted molar refractivity (Wildman–Crippen MR) is 89.8 cm³/mol.